The number of benzene rings is 1. The van der Waals surface area contributed by atoms with E-state index in [0.29, 0.717) is 0 Å². The fourth-order valence-corrected chi connectivity index (χ4v) is 1.84. The number of carbonyl (C=O) groups excluding carboxylic acids is 2. The minimum absolute atomic E-state index is 0.00758. The van der Waals surface area contributed by atoms with Gasteiger partial charge in [0.2, 0.25) is 5.91 Å². The van der Waals surface area contributed by atoms with Gasteiger partial charge in [0, 0.05) is 13.1 Å². The Labute approximate surface area is 117 Å². The van der Waals surface area contributed by atoms with Crippen molar-refractivity contribution in [3.05, 3.63) is 35.6 Å². The average molecular weight is 281 g/mol. The number of urea groups is 1. The molecule has 1 rings (SSSR count). The Hall–Kier alpha value is -1.95. The highest BCUT2D eigenvalue weighted by molar-refractivity contribution is 5.95. The summed E-state index contributed by atoms with van der Waals surface area (Å²) in [5.74, 6) is -0.501. The highest BCUT2D eigenvalue weighted by atomic mass is 19.1. The Kier molecular flexibility index (Phi) is 6.11. The van der Waals surface area contributed by atoms with Crippen LogP contribution < -0.4 is 16.0 Å². The van der Waals surface area contributed by atoms with E-state index < -0.39 is 11.9 Å². The van der Waals surface area contributed by atoms with Gasteiger partial charge in [0.25, 0.3) is 0 Å². The van der Waals surface area contributed by atoms with Gasteiger partial charge < -0.3 is 10.6 Å². The van der Waals surface area contributed by atoms with Gasteiger partial charge in [0.1, 0.15) is 5.82 Å². The van der Waals surface area contributed by atoms with E-state index in [9.17, 15) is 14.0 Å². The molecule has 0 fully saturated rings. The Morgan fingerprint density at radius 2 is 1.80 bits per heavy atom. The van der Waals surface area contributed by atoms with Gasteiger partial charge in [0.15, 0.2) is 0 Å². The highest BCUT2D eigenvalue weighted by Crippen LogP contribution is 2.21. The van der Waals surface area contributed by atoms with Crippen molar-refractivity contribution in [1.29, 1.82) is 0 Å². The van der Waals surface area contributed by atoms with Gasteiger partial charge in [-0.1, -0.05) is 26.0 Å². The first-order valence-electron chi connectivity index (χ1n) is 6.44. The van der Waals surface area contributed by atoms with Crippen molar-refractivity contribution in [1.82, 2.24) is 16.0 Å². The molecule has 0 spiro atoms. The number of hydrogen-bond acceptors (Lipinski definition) is 3. The van der Waals surface area contributed by atoms with Crippen LogP contribution in [0.15, 0.2) is 24.3 Å². The molecular weight excluding hydrogens is 261 g/mol. The third-order valence-electron chi connectivity index (χ3n) is 2.86. The summed E-state index contributed by atoms with van der Waals surface area (Å²) >= 11 is 0. The molecular formula is C14H20FN3O2. The number of nitrogens with one attached hydrogen (secondary N) is 3. The zero-order valence-electron chi connectivity index (χ0n) is 11.9. The monoisotopic (exact) mass is 281 g/mol. The van der Waals surface area contributed by atoms with Crippen LogP contribution in [-0.4, -0.2) is 25.5 Å². The Bertz CT molecular complexity index is 460. The summed E-state index contributed by atoms with van der Waals surface area (Å²) in [6.07, 6.45) is 0. The van der Waals surface area contributed by atoms with Gasteiger partial charge in [-0.25, -0.2) is 9.18 Å². The molecule has 0 aromatic heterocycles. The molecule has 3 N–H and O–H groups in total. The normalized spacial score (nSPS) is 12.1. The first kappa shape index (κ1) is 16.1. The standard InChI is InChI=1S/C14H20FN3O2/c1-9(2)13(10-4-6-11(15)7-5-10)17-8-12(19)18-14(20)16-3/h4-7,9,13,17H,8H2,1-3H3,(H2,16,18,19,20)/t13-/m0/s1. The van der Waals surface area contributed by atoms with Gasteiger partial charge in [-0.3, -0.25) is 10.1 Å². The van der Waals surface area contributed by atoms with Crippen LogP contribution in [0.5, 0.6) is 0 Å². The van der Waals surface area contributed by atoms with Gasteiger partial charge >= 0.3 is 6.03 Å². The molecule has 1 aromatic rings. The minimum Gasteiger partial charge on any atom is -0.341 e. The minimum atomic E-state index is -0.542. The Morgan fingerprint density at radius 3 is 2.30 bits per heavy atom. The molecule has 0 aliphatic rings. The molecule has 3 amide bonds. The van der Waals surface area contributed by atoms with Gasteiger partial charge in [-0.05, 0) is 23.6 Å². The van der Waals surface area contributed by atoms with E-state index in [0.717, 1.165) is 5.56 Å². The molecule has 20 heavy (non-hydrogen) atoms. The molecule has 0 saturated heterocycles. The first-order valence-corrected chi connectivity index (χ1v) is 6.44. The topological polar surface area (TPSA) is 70.2 Å². The van der Waals surface area contributed by atoms with Crippen molar-refractivity contribution in [3.8, 4) is 0 Å². The fourth-order valence-electron chi connectivity index (χ4n) is 1.84. The van der Waals surface area contributed by atoms with E-state index in [2.05, 4.69) is 16.0 Å². The number of halogens is 1. The van der Waals surface area contributed by atoms with E-state index in [4.69, 9.17) is 0 Å². The molecule has 0 saturated carbocycles. The zero-order valence-corrected chi connectivity index (χ0v) is 11.9. The fraction of sp³-hybridized carbons (Fsp3) is 0.429. The second kappa shape index (κ2) is 7.59. The van der Waals surface area contributed by atoms with E-state index in [1.54, 1.807) is 12.1 Å². The van der Waals surface area contributed by atoms with E-state index in [1.807, 2.05) is 13.8 Å². The summed E-state index contributed by atoms with van der Waals surface area (Å²) in [6, 6.07) is 5.51. The van der Waals surface area contributed by atoms with E-state index >= 15 is 0 Å². The number of carbonyl (C=O) groups is 2. The molecule has 0 aliphatic heterocycles. The largest absolute Gasteiger partial charge is 0.341 e. The number of rotatable bonds is 5. The molecule has 0 aliphatic carbocycles. The lowest BCUT2D eigenvalue weighted by molar-refractivity contribution is -0.119. The summed E-state index contributed by atoms with van der Waals surface area (Å²) in [4.78, 5) is 22.5. The summed E-state index contributed by atoms with van der Waals surface area (Å²) in [7, 11) is 1.44. The molecule has 0 heterocycles. The molecule has 0 bridgehead atoms. The number of imide groups is 1. The molecule has 6 heteroatoms. The molecule has 0 radical (unpaired) electrons. The third-order valence-corrected chi connectivity index (χ3v) is 2.86. The van der Waals surface area contributed by atoms with Crippen LogP contribution >= 0.6 is 0 Å². The second-order valence-electron chi connectivity index (χ2n) is 4.78. The molecule has 1 aromatic carbocycles. The van der Waals surface area contributed by atoms with Crippen molar-refractivity contribution in [2.75, 3.05) is 13.6 Å². The van der Waals surface area contributed by atoms with Crippen molar-refractivity contribution < 1.29 is 14.0 Å². The molecule has 110 valence electrons. The van der Waals surface area contributed by atoms with Crippen molar-refractivity contribution >= 4 is 11.9 Å². The summed E-state index contributed by atoms with van der Waals surface area (Å²) in [5, 5.41) is 7.55. The predicted molar refractivity (Wildman–Crippen MR) is 74.6 cm³/mol. The van der Waals surface area contributed by atoms with Crippen LogP contribution in [0.2, 0.25) is 0 Å². The quantitative estimate of drug-likeness (QED) is 0.767. The average Bonchev–Trinajstić information content (AvgIpc) is 2.40. The highest BCUT2D eigenvalue weighted by Gasteiger charge is 2.17. The number of amides is 3. The van der Waals surface area contributed by atoms with Crippen LogP contribution in [-0.2, 0) is 4.79 Å². The lowest BCUT2D eigenvalue weighted by atomic mass is 9.96. The SMILES string of the molecule is CNC(=O)NC(=O)CN[C@H](c1ccc(F)cc1)C(C)C. The van der Waals surface area contributed by atoms with E-state index in [1.165, 1.54) is 19.2 Å². The van der Waals surface area contributed by atoms with Crippen molar-refractivity contribution in [2.45, 2.75) is 19.9 Å². The lowest BCUT2D eigenvalue weighted by Gasteiger charge is -2.22. The zero-order chi connectivity index (χ0) is 15.1. The van der Waals surface area contributed by atoms with Gasteiger partial charge in [-0.2, -0.15) is 0 Å². The first-order chi connectivity index (χ1) is 9.43. The predicted octanol–water partition coefficient (Wildman–Crippen LogP) is 1.57. The Balaban J connectivity index is 2.62. The lowest BCUT2D eigenvalue weighted by Crippen LogP contribution is -2.43. The van der Waals surface area contributed by atoms with Crippen LogP contribution in [0, 0.1) is 11.7 Å². The maximum atomic E-state index is 12.9. The summed E-state index contributed by atoms with van der Waals surface area (Å²) in [6.45, 7) is 4.00. The van der Waals surface area contributed by atoms with Crippen LogP contribution in [0.25, 0.3) is 0 Å². The van der Waals surface area contributed by atoms with Crippen LogP contribution in [0.3, 0.4) is 0 Å². The maximum Gasteiger partial charge on any atom is 0.321 e. The van der Waals surface area contributed by atoms with E-state index in [-0.39, 0.29) is 24.3 Å². The second-order valence-corrected chi connectivity index (χ2v) is 4.78. The van der Waals surface area contributed by atoms with Crippen molar-refractivity contribution in [3.63, 3.8) is 0 Å². The maximum absolute atomic E-state index is 12.9. The van der Waals surface area contributed by atoms with Gasteiger partial charge in [-0.15, -0.1) is 0 Å². The molecule has 1 atom stereocenters. The smallest absolute Gasteiger partial charge is 0.321 e. The number of hydrogen-bond donors (Lipinski definition) is 3. The molecule has 5 nitrogen and oxygen atoms in total. The van der Waals surface area contributed by atoms with Crippen LogP contribution in [0.1, 0.15) is 25.5 Å². The molecule has 0 unspecified atom stereocenters. The Morgan fingerprint density at radius 1 is 1.20 bits per heavy atom. The summed E-state index contributed by atoms with van der Waals surface area (Å²) in [5.41, 5.74) is 0.897. The third kappa shape index (κ3) is 4.97. The van der Waals surface area contributed by atoms with Gasteiger partial charge in [0.05, 0.1) is 6.54 Å². The van der Waals surface area contributed by atoms with Crippen molar-refractivity contribution in [2.24, 2.45) is 5.92 Å². The summed E-state index contributed by atoms with van der Waals surface area (Å²) < 4.78 is 12.9. The van der Waals surface area contributed by atoms with Crippen LogP contribution in [0.4, 0.5) is 9.18 Å².